The second kappa shape index (κ2) is 7.70. The summed E-state index contributed by atoms with van der Waals surface area (Å²) in [4.78, 5) is 20.9. The van der Waals surface area contributed by atoms with Gasteiger partial charge in [0.1, 0.15) is 0 Å². The number of amides is 1. The number of fused-ring (bicyclic) bond motifs is 1. The van der Waals surface area contributed by atoms with Crippen molar-refractivity contribution in [3.05, 3.63) is 36.3 Å². The van der Waals surface area contributed by atoms with E-state index in [9.17, 15) is 4.79 Å². The molecule has 0 radical (unpaired) electrons. The summed E-state index contributed by atoms with van der Waals surface area (Å²) in [6, 6.07) is 1.57. The zero-order valence-corrected chi connectivity index (χ0v) is 16.8. The van der Waals surface area contributed by atoms with Crippen molar-refractivity contribution in [2.45, 2.75) is 57.0 Å². The first-order valence-corrected chi connectivity index (χ1v) is 10.2. The highest BCUT2D eigenvalue weighted by molar-refractivity contribution is 6.20. The Morgan fingerprint density at radius 1 is 1.36 bits per heavy atom. The van der Waals surface area contributed by atoms with Gasteiger partial charge < -0.3 is 15.2 Å². The summed E-state index contributed by atoms with van der Waals surface area (Å²) in [7, 11) is 0. The number of nitrogens with zero attached hydrogens (tertiary/aromatic N) is 3. The van der Waals surface area contributed by atoms with E-state index in [0.29, 0.717) is 11.6 Å². The molecule has 5 atom stereocenters. The Hall–Kier alpha value is -2.15. The number of pyridine rings is 1. The lowest BCUT2D eigenvalue weighted by Gasteiger charge is -2.42. The van der Waals surface area contributed by atoms with Crippen LogP contribution in [0.3, 0.4) is 0 Å². The third-order valence-corrected chi connectivity index (χ3v) is 6.36. The molecule has 1 amide bonds. The number of carbonyl (C=O) groups is 1. The molecule has 4 unspecified atom stereocenters. The lowest BCUT2D eigenvalue weighted by molar-refractivity contribution is -0.130. The molecule has 3 heterocycles. The molecule has 2 N–H and O–H groups in total. The van der Waals surface area contributed by atoms with Crippen molar-refractivity contribution in [2.75, 3.05) is 5.32 Å². The number of carbonyl (C=O) groups excluding carboxylic acids is 1. The van der Waals surface area contributed by atoms with Crippen LogP contribution in [0.5, 0.6) is 0 Å². The van der Waals surface area contributed by atoms with Crippen LogP contribution in [-0.2, 0) is 4.79 Å². The largest absolute Gasteiger partial charge is 0.364 e. The number of piperidine rings is 1. The highest BCUT2D eigenvalue weighted by Crippen LogP contribution is 2.37. The summed E-state index contributed by atoms with van der Waals surface area (Å²) in [5.41, 5.74) is 1.17. The maximum atomic E-state index is 15.0. The number of nitrogens with one attached hydrogen (secondary N) is 2. The van der Waals surface area contributed by atoms with Gasteiger partial charge in [-0.15, -0.1) is 11.6 Å². The zero-order chi connectivity index (χ0) is 19.8. The van der Waals surface area contributed by atoms with E-state index in [1.54, 1.807) is 29.4 Å². The van der Waals surface area contributed by atoms with Gasteiger partial charge in [-0.3, -0.25) is 4.79 Å². The topological polar surface area (TPSA) is 71.8 Å². The molecule has 0 aromatic carbocycles. The van der Waals surface area contributed by atoms with Crippen molar-refractivity contribution in [1.29, 1.82) is 0 Å². The summed E-state index contributed by atoms with van der Waals surface area (Å²) in [5.74, 6) is -0.162. The van der Waals surface area contributed by atoms with E-state index in [-0.39, 0.29) is 35.1 Å². The van der Waals surface area contributed by atoms with Gasteiger partial charge >= 0.3 is 0 Å². The molecule has 1 saturated heterocycles. The number of alkyl halides is 1. The molecule has 1 aliphatic heterocycles. The van der Waals surface area contributed by atoms with Gasteiger partial charge in [-0.25, -0.2) is 14.4 Å². The number of imidazole rings is 1. The van der Waals surface area contributed by atoms with Gasteiger partial charge in [-0.05, 0) is 51.5 Å². The minimum Gasteiger partial charge on any atom is -0.364 e. The smallest absolute Gasteiger partial charge is 0.225 e. The van der Waals surface area contributed by atoms with E-state index in [2.05, 4.69) is 20.6 Å². The average Bonchev–Trinajstić information content (AvgIpc) is 3.09. The first-order valence-electron chi connectivity index (χ1n) is 9.79. The van der Waals surface area contributed by atoms with E-state index >= 15 is 4.39 Å². The Bertz CT molecular complexity index is 872. The Kier molecular flexibility index (Phi) is 5.27. The molecule has 2 aliphatic rings. The second-order valence-corrected chi connectivity index (χ2v) is 8.59. The fourth-order valence-electron chi connectivity index (χ4n) is 4.41. The van der Waals surface area contributed by atoms with Crippen LogP contribution in [0.2, 0.25) is 0 Å². The highest BCUT2D eigenvalue weighted by Gasteiger charge is 2.41. The predicted octanol–water partition coefficient (Wildman–Crippen LogP) is 3.43. The Balaban J connectivity index is 1.50. The number of anilines is 1. The van der Waals surface area contributed by atoms with Gasteiger partial charge in [0, 0.05) is 29.9 Å². The molecule has 0 bridgehead atoms. The molecular weight excluding hydrogens is 381 g/mol. The van der Waals surface area contributed by atoms with Crippen molar-refractivity contribution in [3.63, 3.8) is 0 Å². The van der Waals surface area contributed by atoms with Gasteiger partial charge in [0.2, 0.25) is 5.91 Å². The van der Waals surface area contributed by atoms with Gasteiger partial charge in [0.15, 0.2) is 11.6 Å². The number of aryl methyl sites for hydroxylation is 1. The van der Waals surface area contributed by atoms with E-state index in [0.717, 1.165) is 31.4 Å². The highest BCUT2D eigenvalue weighted by atomic mass is 35.5. The van der Waals surface area contributed by atoms with E-state index in [4.69, 9.17) is 11.6 Å². The van der Waals surface area contributed by atoms with Crippen LogP contribution in [0.15, 0.2) is 24.8 Å². The number of aromatic nitrogens is 3. The van der Waals surface area contributed by atoms with Crippen LogP contribution in [0.25, 0.3) is 5.69 Å². The summed E-state index contributed by atoms with van der Waals surface area (Å²) in [6.45, 7) is 3.75. The van der Waals surface area contributed by atoms with E-state index in [1.807, 2.05) is 13.8 Å². The maximum Gasteiger partial charge on any atom is 0.225 e. The van der Waals surface area contributed by atoms with E-state index < -0.39 is 5.82 Å². The predicted molar refractivity (Wildman–Crippen MR) is 106 cm³/mol. The van der Waals surface area contributed by atoms with Gasteiger partial charge in [0.25, 0.3) is 0 Å². The lowest BCUT2D eigenvalue weighted by atomic mass is 9.74. The molecule has 2 aromatic heterocycles. The molecule has 28 heavy (non-hydrogen) atoms. The lowest BCUT2D eigenvalue weighted by Crippen LogP contribution is -2.55. The molecule has 150 valence electrons. The monoisotopic (exact) mass is 405 g/mol. The first kappa shape index (κ1) is 19.2. The number of halogens is 2. The van der Waals surface area contributed by atoms with Crippen LogP contribution in [0.1, 0.15) is 38.3 Å². The van der Waals surface area contributed by atoms with Crippen LogP contribution in [0.4, 0.5) is 10.2 Å². The standard InChI is InChI=1S/C20H25ClFN5O/c1-11-9-27(10-24-11)17-5-6-23-19(18(17)22)25-12(2)15-8-13-7-14(21)3-4-16(13)26-20(15)28/h5-6,9-10,12-16H,3-4,7-8H2,1-2H3,(H,23,25)(H,26,28)/t12-,13?,14?,15?,16?/m0/s1. The van der Waals surface area contributed by atoms with Crippen LogP contribution >= 0.6 is 11.6 Å². The van der Waals surface area contributed by atoms with Crippen molar-refractivity contribution in [3.8, 4) is 5.69 Å². The van der Waals surface area contributed by atoms with Crippen molar-refractivity contribution >= 4 is 23.3 Å². The number of hydrogen-bond acceptors (Lipinski definition) is 4. The third kappa shape index (κ3) is 3.72. The Labute approximate surface area is 168 Å². The van der Waals surface area contributed by atoms with E-state index in [1.165, 1.54) is 0 Å². The molecule has 2 aromatic rings. The van der Waals surface area contributed by atoms with Crippen molar-refractivity contribution < 1.29 is 9.18 Å². The zero-order valence-electron chi connectivity index (χ0n) is 16.0. The molecular formula is C20H25ClFN5O. The summed E-state index contributed by atoms with van der Waals surface area (Å²) in [6.07, 6.45) is 8.43. The number of rotatable bonds is 4. The quantitative estimate of drug-likeness (QED) is 0.764. The summed E-state index contributed by atoms with van der Waals surface area (Å²) < 4.78 is 16.6. The minimum absolute atomic E-state index is 0.0241. The van der Waals surface area contributed by atoms with Gasteiger partial charge in [0.05, 0.1) is 23.6 Å². The molecule has 8 heteroatoms. The van der Waals surface area contributed by atoms with Crippen LogP contribution < -0.4 is 10.6 Å². The average molecular weight is 406 g/mol. The molecule has 1 saturated carbocycles. The van der Waals surface area contributed by atoms with Gasteiger partial charge in [-0.2, -0.15) is 0 Å². The minimum atomic E-state index is -0.459. The maximum absolute atomic E-state index is 15.0. The second-order valence-electron chi connectivity index (χ2n) is 7.98. The summed E-state index contributed by atoms with van der Waals surface area (Å²) in [5, 5.41) is 6.44. The molecule has 2 fully saturated rings. The van der Waals surface area contributed by atoms with Crippen molar-refractivity contribution in [2.24, 2.45) is 11.8 Å². The van der Waals surface area contributed by atoms with Crippen LogP contribution in [0, 0.1) is 24.6 Å². The van der Waals surface area contributed by atoms with Crippen LogP contribution in [-0.4, -0.2) is 37.9 Å². The molecule has 4 rings (SSSR count). The third-order valence-electron chi connectivity index (χ3n) is 5.97. The van der Waals surface area contributed by atoms with Gasteiger partial charge in [-0.1, -0.05) is 0 Å². The van der Waals surface area contributed by atoms with Crippen molar-refractivity contribution in [1.82, 2.24) is 19.9 Å². The number of hydrogen-bond donors (Lipinski definition) is 2. The fourth-order valence-corrected chi connectivity index (χ4v) is 4.77. The summed E-state index contributed by atoms with van der Waals surface area (Å²) >= 11 is 6.33. The first-order chi connectivity index (χ1) is 13.4. The SMILES string of the molecule is Cc1cn(-c2ccnc(N[C@@H](C)C3CC4CC(Cl)CCC4NC3=O)c2F)cn1. The molecule has 0 spiro atoms. The molecule has 1 aliphatic carbocycles. The molecule has 6 nitrogen and oxygen atoms in total. The Morgan fingerprint density at radius 3 is 2.93 bits per heavy atom. The Morgan fingerprint density at radius 2 is 2.18 bits per heavy atom. The normalized spacial score (nSPS) is 28.4. The fraction of sp³-hybridized carbons (Fsp3) is 0.550.